The Balaban J connectivity index is 2.42. The van der Waals surface area contributed by atoms with Gasteiger partial charge in [-0.3, -0.25) is 4.39 Å². The molecule has 1 unspecified atom stereocenters. The number of alkyl halides is 1. The van der Waals surface area contributed by atoms with E-state index in [0.29, 0.717) is 16.8 Å². The number of nitrogens with two attached hydrogens (primary N) is 1. The van der Waals surface area contributed by atoms with Crippen molar-refractivity contribution in [3.8, 4) is 0 Å². The second-order valence-corrected chi connectivity index (χ2v) is 4.39. The zero-order chi connectivity index (χ0) is 10.8. The number of anilines is 1. The summed E-state index contributed by atoms with van der Waals surface area (Å²) in [5.41, 5.74) is 7.13. The number of hydrogen-bond acceptors (Lipinski definition) is 4. The number of nitrogens with zero attached hydrogens (tertiary/aromatic N) is 1. The zero-order valence-corrected chi connectivity index (χ0v) is 8.59. The van der Waals surface area contributed by atoms with Crippen LogP contribution in [0, 0.1) is 0 Å². The number of nitrogen functional groups attached to an aromatic ring is 1. The molecule has 80 valence electrons. The van der Waals surface area contributed by atoms with Gasteiger partial charge in [-0.2, -0.15) is 0 Å². The first-order valence-electron chi connectivity index (χ1n) is 4.31. The van der Waals surface area contributed by atoms with Crippen molar-refractivity contribution >= 4 is 27.6 Å². The topological polar surface area (TPSA) is 69.1 Å². The summed E-state index contributed by atoms with van der Waals surface area (Å²) in [4.78, 5) is 3.98. The van der Waals surface area contributed by atoms with Crippen LogP contribution in [0.15, 0.2) is 27.8 Å². The van der Waals surface area contributed by atoms with Crippen LogP contribution in [0.3, 0.4) is 0 Å². The fourth-order valence-electron chi connectivity index (χ4n) is 1.17. The SMILES string of the molecule is Nc1ccc2nc(S(=O)CCF)oc2c1. The normalized spacial score (nSPS) is 13.1. The number of aromatic nitrogens is 1. The quantitative estimate of drug-likeness (QED) is 0.808. The molecule has 0 aliphatic rings. The van der Waals surface area contributed by atoms with Gasteiger partial charge < -0.3 is 10.2 Å². The van der Waals surface area contributed by atoms with Crippen LogP contribution in [0.5, 0.6) is 0 Å². The molecule has 0 bridgehead atoms. The van der Waals surface area contributed by atoms with E-state index in [1.54, 1.807) is 18.2 Å². The molecule has 0 fully saturated rings. The van der Waals surface area contributed by atoms with Crippen LogP contribution in [0.2, 0.25) is 0 Å². The fraction of sp³-hybridized carbons (Fsp3) is 0.222. The molecule has 1 aromatic carbocycles. The van der Waals surface area contributed by atoms with Crippen molar-refractivity contribution < 1.29 is 13.0 Å². The van der Waals surface area contributed by atoms with Gasteiger partial charge in [-0.15, -0.1) is 0 Å². The Labute approximate surface area is 87.7 Å². The van der Waals surface area contributed by atoms with Gasteiger partial charge in [0.2, 0.25) is 0 Å². The van der Waals surface area contributed by atoms with Crippen LogP contribution in [0.25, 0.3) is 11.1 Å². The molecule has 1 atom stereocenters. The molecule has 1 heterocycles. The second-order valence-electron chi connectivity index (χ2n) is 2.95. The lowest BCUT2D eigenvalue weighted by Gasteiger charge is -1.90. The van der Waals surface area contributed by atoms with Crippen LogP contribution in [-0.2, 0) is 10.8 Å². The highest BCUT2D eigenvalue weighted by molar-refractivity contribution is 7.84. The average Bonchev–Trinajstić information content (AvgIpc) is 2.60. The van der Waals surface area contributed by atoms with E-state index < -0.39 is 17.5 Å². The molecule has 0 radical (unpaired) electrons. The Morgan fingerprint density at radius 3 is 3.07 bits per heavy atom. The predicted molar refractivity (Wildman–Crippen MR) is 55.7 cm³/mol. The van der Waals surface area contributed by atoms with E-state index in [1.165, 1.54) is 0 Å². The summed E-state index contributed by atoms with van der Waals surface area (Å²) < 4.78 is 28.6. The maximum Gasteiger partial charge on any atom is 0.288 e. The predicted octanol–water partition coefficient (Wildman–Crippen LogP) is 1.49. The zero-order valence-electron chi connectivity index (χ0n) is 7.77. The maximum atomic E-state index is 12.0. The summed E-state index contributed by atoms with van der Waals surface area (Å²) in [5, 5.41) is 0.0493. The lowest BCUT2D eigenvalue weighted by molar-refractivity contribution is 0.472. The van der Waals surface area contributed by atoms with Gasteiger partial charge in [0.1, 0.15) is 23.0 Å². The van der Waals surface area contributed by atoms with E-state index in [0.717, 1.165) is 0 Å². The monoisotopic (exact) mass is 228 g/mol. The molecule has 2 aromatic rings. The maximum absolute atomic E-state index is 12.0. The van der Waals surface area contributed by atoms with Crippen LogP contribution < -0.4 is 5.73 Å². The minimum absolute atomic E-state index is 0.0493. The lowest BCUT2D eigenvalue weighted by Crippen LogP contribution is -1.99. The van der Waals surface area contributed by atoms with Gasteiger partial charge in [0.05, 0.1) is 5.75 Å². The number of benzene rings is 1. The molecule has 0 saturated carbocycles. The van der Waals surface area contributed by atoms with Crippen molar-refractivity contribution in [2.75, 3.05) is 18.2 Å². The van der Waals surface area contributed by atoms with E-state index in [9.17, 15) is 8.60 Å². The minimum Gasteiger partial charge on any atom is -0.430 e. The van der Waals surface area contributed by atoms with Gasteiger partial charge in [0.15, 0.2) is 5.58 Å². The standard InChI is InChI=1S/C9H9FN2O2S/c10-3-4-15(13)9-12-7-2-1-6(11)5-8(7)14-9/h1-2,5H,3-4,11H2. The number of rotatable bonds is 3. The highest BCUT2D eigenvalue weighted by atomic mass is 32.2. The van der Waals surface area contributed by atoms with Crippen molar-refractivity contribution in [1.82, 2.24) is 4.98 Å². The molecule has 4 nitrogen and oxygen atoms in total. The molecule has 1 aromatic heterocycles. The van der Waals surface area contributed by atoms with E-state index in [4.69, 9.17) is 10.2 Å². The van der Waals surface area contributed by atoms with Gasteiger partial charge in [-0.25, -0.2) is 9.19 Å². The van der Waals surface area contributed by atoms with Gasteiger partial charge in [-0.1, -0.05) is 0 Å². The molecule has 0 aliphatic carbocycles. The minimum atomic E-state index is -1.52. The summed E-state index contributed by atoms with van der Waals surface area (Å²) in [6.45, 7) is -0.659. The first-order valence-corrected chi connectivity index (χ1v) is 5.63. The average molecular weight is 228 g/mol. The summed E-state index contributed by atoms with van der Waals surface area (Å²) in [7, 11) is -1.52. The van der Waals surface area contributed by atoms with Gasteiger partial charge in [0, 0.05) is 11.8 Å². The Hall–Kier alpha value is -1.43. The first-order chi connectivity index (χ1) is 7.20. The number of oxazole rings is 1. The first kappa shape index (κ1) is 10.1. The number of fused-ring (bicyclic) bond motifs is 1. The molecular weight excluding hydrogens is 219 g/mol. The van der Waals surface area contributed by atoms with Gasteiger partial charge >= 0.3 is 0 Å². The van der Waals surface area contributed by atoms with Crippen molar-refractivity contribution in [1.29, 1.82) is 0 Å². The van der Waals surface area contributed by atoms with Crippen LogP contribution in [0.1, 0.15) is 0 Å². The molecule has 0 aliphatic heterocycles. The number of hydrogen-bond donors (Lipinski definition) is 1. The largest absolute Gasteiger partial charge is 0.430 e. The molecule has 0 spiro atoms. The molecule has 0 saturated heterocycles. The van der Waals surface area contributed by atoms with Crippen molar-refractivity contribution in [2.24, 2.45) is 0 Å². The molecular formula is C9H9FN2O2S. The van der Waals surface area contributed by atoms with E-state index in [1.807, 2.05) is 0 Å². The number of halogens is 1. The smallest absolute Gasteiger partial charge is 0.288 e. The van der Waals surface area contributed by atoms with Crippen LogP contribution >= 0.6 is 0 Å². The van der Waals surface area contributed by atoms with E-state index in [2.05, 4.69) is 4.98 Å². The lowest BCUT2D eigenvalue weighted by atomic mass is 10.3. The summed E-state index contributed by atoms with van der Waals surface area (Å²) in [5.74, 6) is -0.0949. The molecule has 6 heteroatoms. The highest BCUT2D eigenvalue weighted by Gasteiger charge is 2.12. The van der Waals surface area contributed by atoms with Crippen molar-refractivity contribution in [2.45, 2.75) is 5.22 Å². The highest BCUT2D eigenvalue weighted by Crippen LogP contribution is 2.20. The van der Waals surface area contributed by atoms with Gasteiger partial charge in [0.25, 0.3) is 5.22 Å². The Kier molecular flexibility index (Phi) is 2.68. The summed E-state index contributed by atoms with van der Waals surface area (Å²) in [6.07, 6.45) is 0. The van der Waals surface area contributed by atoms with Gasteiger partial charge in [-0.05, 0) is 12.1 Å². The van der Waals surface area contributed by atoms with E-state index in [-0.39, 0.29) is 11.0 Å². The van der Waals surface area contributed by atoms with Crippen molar-refractivity contribution in [3.05, 3.63) is 18.2 Å². The fourth-order valence-corrected chi connectivity index (χ4v) is 1.87. The van der Waals surface area contributed by atoms with E-state index >= 15 is 0 Å². The third-order valence-corrected chi connectivity index (χ3v) is 2.94. The van der Waals surface area contributed by atoms with Crippen LogP contribution in [0.4, 0.5) is 10.1 Å². The molecule has 2 rings (SSSR count). The third kappa shape index (κ3) is 1.99. The third-order valence-electron chi connectivity index (χ3n) is 1.85. The Morgan fingerprint density at radius 1 is 1.53 bits per heavy atom. The molecule has 2 N–H and O–H groups in total. The Morgan fingerprint density at radius 2 is 2.33 bits per heavy atom. The summed E-state index contributed by atoms with van der Waals surface area (Å²) in [6, 6.07) is 4.94. The summed E-state index contributed by atoms with van der Waals surface area (Å²) >= 11 is 0. The van der Waals surface area contributed by atoms with Crippen molar-refractivity contribution in [3.63, 3.8) is 0 Å². The Bertz CT molecular complexity index is 512. The molecule has 0 amide bonds. The molecule has 15 heavy (non-hydrogen) atoms. The van der Waals surface area contributed by atoms with Crippen LogP contribution in [-0.4, -0.2) is 21.6 Å². The second kappa shape index (κ2) is 3.98.